The minimum absolute atomic E-state index is 0.168. The molecule has 0 saturated heterocycles. The maximum Gasteiger partial charge on any atom is 0.242 e. The van der Waals surface area contributed by atoms with Crippen LogP contribution in [0.15, 0.2) is 29.4 Å². The smallest absolute Gasteiger partial charge is 0.242 e. The third-order valence-electron chi connectivity index (χ3n) is 1.92. The molecular weight excluding hydrogens is 264 g/mol. The first-order valence-electron chi connectivity index (χ1n) is 5.20. The number of alkyl halides is 1. The number of sulfonamides is 1. The molecule has 1 rings (SSSR count). The number of aromatic nitrogens is 1. The van der Waals surface area contributed by atoms with Gasteiger partial charge in [0, 0.05) is 31.4 Å². The lowest BCUT2D eigenvalue weighted by atomic mass is 10.5. The van der Waals surface area contributed by atoms with Gasteiger partial charge in [-0.25, -0.2) is 13.1 Å². The summed E-state index contributed by atoms with van der Waals surface area (Å²) in [5, 5.41) is 0. The molecule has 1 aromatic heterocycles. The van der Waals surface area contributed by atoms with Crippen molar-refractivity contribution in [2.24, 2.45) is 0 Å². The van der Waals surface area contributed by atoms with Crippen LogP contribution in [0.5, 0.6) is 0 Å². The predicted molar refractivity (Wildman–Crippen MR) is 65.6 cm³/mol. The molecule has 1 heterocycles. The lowest BCUT2D eigenvalue weighted by Gasteiger charge is -2.06. The number of hydrogen-bond donors (Lipinski definition) is 1. The van der Waals surface area contributed by atoms with Crippen molar-refractivity contribution in [1.82, 2.24) is 9.71 Å². The van der Waals surface area contributed by atoms with Gasteiger partial charge < -0.3 is 4.74 Å². The summed E-state index contributed by atoms with van der Waals surface area (Å²) >= 11 is 5.42. The lowest BCUT2D eigenvalue weighted by molar-refractivity contribution is 0.147. The highest BCUT2D eigenvalue weighted by Crippen LogP contribution is 2.04. The Hall–Kier alpha value is -0.690. The Balaban J connectivity index is 2.31. The molecule has 0 aromatic carbocycles. The summed E-state index contributed by atoms with van der Waals surface area (Å²) in [7, 11) is -3.45. The van der Waals surface area contributed by atoms with Gasteiger partial charge in [0.05, 0.1) is 6.61 Å². The Morgan fingerprint density at radius 2 is 2.24 bits per heavy atom. The fraction of sp³-hybridized carbons (Fsp3) is 0.500. The van der Waals surface area contributed by atoms with Gasteiger partial charge in [-0.1, -0.05) is 0 Å². The lowest BCUT2D eigenvalue weighted by Crippen LogP contribution is -2.25. The van der Waals surface area contributed by atoms with E-state index >= 15 is 0 Å². The number of nitrogens with one attached hydrogen (secondary N) is 1. The molecule has 0 unspecified atom stereocenters. The summed E-state index contributed by atoms with van der Waals surface area (Å²) in [4.78, 5) is 3.93. The molecule has 96 valence electrons. The molecule has 17 heavy (non-hydrogen) atoms. The van der Waals surface area contributed by atoms with Crippen LogP contribution in [0.2, 0.25) is 0 Å². The van der Waals surface area contributed by atoms with E-state index in [1.165, 1.54) is 18.5 Å². The molecule has 1 N–H and O–H groups in total. The number of halogens is 1. The summed E-state index contributed by atoms with van der Waals surface area (Å²) in [5.41, 5.74) is 0. The summed E-state index contributed by atoms with van der Waals surface area (Å²) in [6.45, 7) is 1.30. The van der Waals surface area contributed by atoms with Crippen LogP contribution in [0.1, 0.15) is 6.42 Å². The zero-order valence-corrected chi connectivity index (χ0v) is 10.9. The Morgan fingerprint density at radius 1 is 1.41 bits per heavy atom. The van der Waals surface area contributed by atoms with E-state index in [0.717, 1.165) is 0 Å². The standard InChI is InChI=1S/C10H15ClN2O3S/c11-4-8-16-7-2-6-13-17(14,15)10-3-1-5-12-9-10/h1,3,5,9,13H,2,4,6-8H2. The van der Waals surface area contributed by atoms with Gasteiger partial charge in [0.15, 0.2) is 0 Å². The molecule has 7 heteroatoms. The van der Waals surface area contributed by atoms with E-state index in [0.29, 0.717) is 32.1 Å². The summed E-state index contributed by atoms with van der Waals surface area (Å²) in [6.07, 6.45) is 3.45. The van der Waals surface area contributed by atoms with Gasteiger partial charge in [0.2, 0.25) is 10.0 Å². The first-order chi connectivity index (χ1) is 8.17. The minimum atomic E-state index is -3.45. The normalized spacial score (nSPS) is 11.6. The zero-order chi connectivity index (χ0) is 12.6. The van der Waals surface area contributed by atoms with Crippen LogP contribution in [0.3, 0.4) is 0 Å². The Labute approximate surface area is 106 Å². The van der Waals surface area contributed by atoms with E-state index in [9.17, 15) is 8.42 Å². The maximum atomic E-state index is 11.7. The quantitative estimate of drug-likeness (QED) is 0.569. The van der Waals surface area contributed by atoms with Gasteiger partial charge >= 0.3 is 0 Å². The number of ether oxygens (including phenoxy) is 1. The molecular formula is C10H15ClN2O3S. The molecule has 0 amide bonds. The molecule has 0 spiro atoms. The van der Waals surface area contributed by atoms with Crippen LogP contribution in [-0.2, 0) is 14.8 Å². The van der Waals surface area contributed by atoms with Crippen molar-refractivity contribution in [2.75, 3.05) is 25.6 Å². The molecule has 0 radical (unpaired) electrons. The molecule has 0 aliphatic heterocycles. The fourth-order valence-corrected chi connectivity index (χ4v) is 2.27. The number of nitrogens with zero attached hydrogens (tertiary/aromatic N) is 1. The molecule has 0 bridgehead atoms. The van der Waals surface area contributed by atoms with E-state index < -0.39 is 10.0 Å². The second-order valence-electron chi connectivity index (χ2n) is 3.24. The average molecular weight is 279 g/mol. The van der Waals surface area contributed by atoms with Crippen molar-refractivity contribution in [3.05, 3.63) is 24.5 Å². The molecule has 0 fully saturated rings. The monoisotopic (exact) mass is 278 g/mol. The van der Waals surface area contributed by atoms with Crippen LogP contribution in [0, 0.1) is 0 Å². The van der Waals surface area contributed by atoms with Crippen molar-refractivity contribution >= 4 is 21.6 Å². The highest BCUT2D eigenvalue weighted by atomic mass is 35.5. The van der Waals surface area contributed by atoms with Gasteiger partial charge in [-0.2, -0.15) is 0 Å². The van der Waals surface area contributed by atoms with Crippen molar-refractivity contribution in [1.29, 1.82) is 0 Å². The number of rotatable bonds is 8. The van der Waals surface area contributed by atoms with Crippen LogP contribution in [0.25, 0.3) is 0 Å². The summed E-state index contributed by atoms with van der Waals surface area (Å²) in [5.74, 6) is 0.446. The van der Waals surface area contributed by atoms with Gasteiger partial charge in [0.25, 0.3) is 0 Å². The first-order valence-corrected chi connectivity index (χ1v) is 7.22. The van der Waals surface area contributed by atoms with Crippen LogP contribution >= 0.6 is 11.6 Å². The minimum Gasteiger partial charge on any atom is -0.380 e. The van der Waals surface area contributed by atoms with Crippen molar-refractivity contribution in [3.8, 4) is 0 Å². The van der Waals surface area contributed by atoms with E-state index in [4.69, 9.17) is 16.3 Å². The Bertz CT molecular complexity index is 411. The highest BCUT2D eigenvalue weighted by Gasteiger charge is 2.12. The van der Waals surface area contributed by atoms with Gasteiger partial charge in [-0.05, 0) is 18.6 Å². The summed E-state index contributed by atoms with van der Waals surface area (Å²) in [6, 6.07) is 3.08. The van der Waals surface area contributed by atoms with Crippen LogP contribution in [0.4, 0.5) is 0 Å². The molecule has 1 aromatic rings. The summed E-state index contributed by atoms with van der Waals surface area (Å²) < 4.78 is 31.0. The predicted octanol–water partition coefficient (Wildman–Crippen LogP) is 1.01. The van der Waals surface area contributed by atoms with E-state index in [1.54, 1.807) is 6.07 Å². The Kier molecular flexibility index (Phi) is 6.43. The fourth-order valence-electron chi connectivity index (χ4n) is 1.13. The maximum absolute atomic E-state index is 11.7. The average Bonchev–Trinajstić information content (AvgIpc) is 2.35. The van der Waals surface area contributed by atoms with E-state index in [1.807, 2.05) is 0 Å². The first kappa shape index (κ1) is 14.4. The zero-order valence-electron chi connectivity index (χ0n) is 9.30. The van der Waals surface area contributed by atoms with Gasteiger partial charge in [-0.15, -0.1) is 11.6 Å². The number of hydrogen-bond acceptors (Lipinski definition) is 4. The molecule has 0 aliphatic rings. The third-order valence-corrected chi connectivity index (χ3v) is 3.52. The van der Waals surface area contributed by atoms with E-state index in [2.05, 4.69) is 9.71 Å². The molecule has 0 aliphatic carbocycles. The third kappa shape index (κ3) is 5.45. The molecule has 0 atom stereocenters. The van der Waals surface area contributed by atoms with Crippen molar-refractivity contribution in [2.45, 2.75) is 11.3 Å². The van der Waals surface area contributed by atoms with E-state index in [-0.39, 0.29) is 4.90 Å². The van der Waals surface area contributed by atoms with Crippen LogP contribution in [-0.4, -0.2) is 39.0 Å². The Morgan fingerprint density at radius 3 is 2.88 bits per heavy atom. The largest absolute Gasteiger partial charge is 0.380 e. The SMILES string of the molecule is O=S(=O)(NCCCOCCCl)c1cccnc1. The van der Waals surface area contributed by atoms with Crippen molar-refractivity contribution < 1.29 is 13.2 Å². The van der Waals surface area contributed by atoms with Gasteiger partial charge in [-0.3, -0.25) is 4.98 Å². The van der Waals surface area contributed by atoms with Crippen LogP contribution < -0.4 is 4.72 Å². The molecule has 5 nitrogen and oxygen atoms in total. The molecule has 0 saturated carbocycles. The topological polar surface area (TPSA) is 68.3 Å². The second-order valence-corrected chi connectivity index (χ2v) is 5.39. The van der Waals surface area contributed by atoms with Crippen molar-refractivity contribution in [3.63, 3.8) is 0 Å². The number of pyridine rings is 1. The second kappa shape index (κ2) is 7.60. The van der Waals surface area contributed by atoms with Gasteiger partial charge in [0.1, 0.15) is 4.90 Å². The highest BCUT2D eigenvalue weighted by molar-refractivity contribution is 7.89.